The van der Waals surface area contributed by atoms with Crippen molar-refractivity contribution in [2.45, 2.75) is 31.5 Å². The molecule has 2 nitrogen and oxygen atoms in total. The lowest BCUT2D eigenvalue weighted by molar-refractivity contribution is -0.0519. The summed E-state index contributed by atoms with van der Waals surface area (Å²) in [6.45, 7) is 1.98. The lowest BCUT2D eigenvalue weighted by Crippen LogP contribution is -2.39. The summed E-state index contributed by atoms with van der Waals surface area (Å²) >= 11 is 0. The average molecular weight is 204 g/mol. The van der Waals surface area contributed by atoms with E-state index >= 15 is 0 Å². The van der Waals surface area contributed by atoms with Gasteiger partial charge in [0.2, 0.25) is 0 Å². The summed E-state index contributed by atoms with van der Waals surface area (Å²) in [5.74, 6) is 0. The van der Waals surface area contributed by atoms with Crippen LogP contribution in [0.1, 0.15) is 24.0 Å². The number of rotatable bonds is 1. The Morgan fingerprint density at radius 1 is 1.40 bits per heavy atom. The number of aliphatic hydroxyl groups is 2. The standard InChI is InChI=1S/C13H16O2/c1-10-5-4-6-11(9-10)13(15)8-3-2-7-12(13)14/h3-6,8-9,12,14-15H,2,7H2,1H3. The van der Waals surface area contributed by atoms with Crippen molar-refractivity contribution in [1.29, 1.82) is 0 Å². The molecule has 0 aliphatic heterocycles. The minimum atomic E-state index is -1.20. The van der Waals surface area contributed by atoms with Crippen LogP contribution >= 0.6 is 0 Å². The molecule has 1 aromatic rings. The summed E-state index contributed by atoms with van der Waals surface area (Å²) in [5, 5.41) is 20.3. The van der Waals surface area contributed by atoms with E-state index < -0.39 is 11.7 Å². The third kappa shape index (κ3) is 1.83. The summed E-state index contributed by atoms with van der Waals surface area (Å²) in [5.41, 5.74) is 0.655. The molecule has 0 spiro atoms. The van der Waals surface area contributed by atoms with Crippen LogP contribution < -0.4 is 0 Å². The van der Waals surface area contributed by atoms with Crippen LogP contribution in [0.3, 0.4) is 0 Å². The zero-order valence-corrected chi connectivity index (χ0v) is 8.85. The van der Waals surface area contributed by atoms with Crippen LogP contribution in [0, 0.1) is 6.92 Å². The Labute approximate surface area is 89.9 Å². The summed E-state index contributed by atoms with van der Waals surface area (Å²) in [7, 11) is 0. The van der Waals surface area contributed by atoms with Crippen molar-refractivity contribution in [2.24, 2.45) is 0 Å². The van der Waals surface area contributed by atoms with E-state index in [1.807, 2.05) is 37.3 Å². The Bertz CT molecular complexity index is 384. The Kier molecular flexibility index (Phi) is 2.63. The molecular weight excluding hydrogens is 188 g/mol. The molecule has 2 unspecified atom stereocenters. The molecular formula is C13H16O2. The van der Waals surface area contributed by atoms with Gasteiger partial charge in [0.25, 0.3) is 0 Å². The Morgan fingerprint density at radius 3 is 2.87 bits per heavy atom. The van der Waals surface area contributed by atoms with Crippen molar-refractivity contribution < 1.29 is 10.2 Å². The van der Waals surface area contributed by atoms with Gasteiger partial charge in [0.1, 0.15) is 5.60 Å². The normalized spacial score (nSPS) is 30.5. The van der Waals surface area contributed by atoms with Gasteiger partial charge >= 0.3 is 0 Å². The van der Waals surface area contributed by atoms with E-state index in [0.29, 0.717) is 6.42 Å². The molecule has 0 amide bonds. The minimum absolute atomic E-state index is 0.612. The van der Waals surface area contributed by atoms with Crippen LogP contribution in [0.4, 0.5) is 0 Å². The molecule has 0 saturated heterocycles. The molecule has 0 radical (unpaired) electrons. The maximum Gasteiger partial charge on any atom is 0.133 e. The minimum Gasteiger partial charge on any atom is -0.389 e. The molecule has 0 aromatic heterocycles. The van der Waals surface area contributed by atoms with E-state index in [1.165, 1.54) is 0 Å². The van der Waals surface area contributed by atoms with Gasteiger partial charge in [0, 0.05) is 0 Å². The number of benzene rings is 1. The van der Waals surface area contributed by atoms with Gasteiger partial charge in [-0.1, -0.05) is 42.0 Å². The van der Waals surface area contributed by atoms with Crippen LogP contribution in [0.5, 0.6) is 0 Å². The second-order valence-electron chi connectivity index (χ2n) is 4.19. The summed E-state index contributed by atoms with van der Waals surface area (Å²) in [6, 6.07) is 7.65. The molecule has 0 heterocycles. The van der Waals surface area contributed by atoms with E-state index in [-0.39, 0.29) is 0 Å². The fraction of sp³-hybridized carbons (Fsp3) is 0.385. The SMILES string of the molecule is Cc1cccc(C2(O)C=CCCC2O)c1. The van der Waals surface area contributed by atoms with Crippen molar-refractivity contribution in [3.05, 3.63) is 47.5 Å². The number of hydrogen-bond donors (Lipinski definition) is 2. The third-order valence-electron chi connectivity index (χ3n) is 2.97. The highest BCUT2D eigenvalue weighted by atomic mass is 16.3. The molecule has 0 fully saturated rings. The molecule has 2 N–H and O–H groups in total. The molecule has 15 heavy (non-hydrogen) atoms. The molecule has 1 aromatic carbocycles. The van der Waals surface area contributed by atoms with E-state index in [0.717, 1.165) is 17.5 Å². The van der Waals surface area contributed by atoms with Crippen LogP contribution in [-0.2, 0) is 5.60 Å². The van der Waals surface area contributed by atoms with Crippen LogP contribution in [-0.4, -0.2) is 16.3 Å². The second-order valence-corrected chi connectivity index (χ2v) is 4.19. The van der Waals surface area contributed by atoms with Crippen molar-refractivity contribution >= 4 is 0 Å². The summed E-state index contributed by atoms with van der Waals surface area (Å²) in [6.07, 6.45) is 4.37. The average Bonchev–Trinajstić information content (AvgIpc) is 2.23. The summed E-state index contributed by atoms with van der Waals surface area (Å²) in [4.78, 5) is 0. The van der Waals surface area contributed by atoms with E-state index in [4.69, 9.17) is 0 Å². The van der Waals surface area contributed by atoms with Gasteiger partial charge in [0.15, 0.2) is 0 Å². The van der Waals surface area contributed by atoms with Crippen LogP contribution in [0.25, 0.3) is 0 Å². The lowest BCUT2D eigenvalue weighted by atomic mass is 9.82. The van der Waals surface area contributed by atoms with E-state index in [9.17, 15) is 10.2 Å². The van der Waals surface area contributed by atoms with Gasteiger partial charge in [-0.3, -0.25) is 0 Å². The second kappa shape index (κ2) is 3.80. The smallest absolute Gasteiger partial charge is 0.133 e. The van der Waals surface area contributed by atoms with Crippen LogP contribution in [0.2, 0.25) is 0 Å². The Balaban J connectivity index is 2.43. The fourth-order valence-electron chi connectivity index (χ4n) is 2.03. The van der Waals surface area contributed by atoms with Crippen molar-refractivity contribution in [1.82, 2.24) is 0 Å². The van der Waals surface area contributed by atoms with Crippen molar-refractivity contribution in [2.75, 3.05) is 0 Å². The molecule has 1 aliphatic carbocycles. The quantitative estimate of drug-likeness (QED) is 0.686. The molecule has 0 saturated carbocycles. The number of aryl methyl sites for hydroxylation is 1. The molecule has 2 heteroatoms. The van der Waals surface area contributed by atoms with Crippen molar-refractivity contribution in [3.63, 3.8) is 0 Å². The highest BCUT2D eigenvalue weighted by Gasteiger charge is 2.36. The molecule has 0 bridgehead atoms. The Hall–Kier alpha value is -1.12. The first-order chi connectivity index (χ1) is 7.13. The van der Waals surface area contributed by atoms with E-state index in [2.05, 4.69) is 0 Å². The summed E-state index contributed by atoms with van der Waals surface area (Å²) < 4.78 is 0. The van der Waals surface area contributed by atoms with Crippen LogP contribution in [0.15, 0.2) is 36.4 Å². The molecule has 80 valence electrons. The predicted octanol–water partition coefficient (Wildman–Crippen LogP) is 1.89. The first-order valence-corrected chi connectivity index (χ1v) is 5.28. The van der Waals surface area contributed by atoms with Gasteiger partial charge in [-0.15, -0.1) is 0 Å². The number of hydrogen-bond acceptors (Lipinski definition) is 2. The Morgan fingerprint density at radius 2 is 2.20 bits per heavy atom. The topological polar surface area (TPSA) is 40.5 Å². The third-order valence-corrected chi connectivity index (χ3v) is 2.97. The molecule has 2 rings (SSSR count). The zero-order valence-electron chi connectivity index (χ0n) is 8.85. The van der Waals surface area contributed by atoms with Gasteiger partial charge < -0.3 is 10.2 Å². The molecule has 2 atom stereocenters. The highest BCUT2D eigenvalue weighted by molar-refractivity contribution is 5.33. The number of aliphatic hydroxyl groups excluding tert-OH is 1. The van der Waals surface area contributed by atoms with Gasteiger partial charge in [-0.05, 0) is 25.3 Å². The first kappa shape index (κ1) is 10.4. The van der Waals surface area contributed by atoms with Crippen molar-refractivity contribution in [3.8, 4) is 0 Å². The number of allylic oxidation sites excluding steroid dienone is 1. The maximum absolute atomic E-state index is 10.4. The largest absolute Gasteiger partial charge is 0.389 e. The monoisotopic (exact) mass is 204 g/mol. The zero-order chi connectivity index (χ0) is 10.9. The van der Waals surface area contributed by atoms with Gasteiger partial charge in [0.05, 0.1) is 6.10 Å². The lowest BCUT2D eigenvalue weighted by Gasteiger charge is -2.33. The van der Waals surface area contributed by atoms with E-state index in [1.54, 1.807) is 6.08 Å². The van der Waals surface area contributed by atoms with Gasteiger partial charge in [-0.25, -0.2) is 0 Å². The van der Waals surface area contributed by atoms with Gasteiger partial charge in [-0.2, -0.15) is 0 Å². The maximum atomic E-state index is 10.4. The fourth-order valence-corrected chi connectivity index (χ4v) is 2.03. The predicted molar refractivity (Wildman–Crippen MR) is 59.5 cm³/mol. The first-order valence-electron chi connectivity index (χ1n) is 5.28. The molecule has 1 aliphatic rings. The highest BCUT2D eigenvalue weighted by Crippen LogP contribution is 2.32.